The van der Waals surface area contributed by atoms with E-state index >= 15 is 0 Å². The SMILES string of the molecule is [2H]C([2H])([2H])Oc1cc([C@@H]2c3cc4c(cc3[C@@H](O[C@@H]3O[C@@H]5CO[C@@H](C)O[C@H]5[C@H](O)[C@H]3O)[C@@H]3[C@@H]2C(=O)OC3([2H])[2H])OCO4)cc(OC([2H])([2H])[2H])c1O.[2H]C([2H])([2H])Oc1cc([C@@H]2c3cc4c(cc3[C@@H](O[C@@H]3O[C@@H]5CO[C@@H](C)O[C@H]5[C@H](O)[C@H]3O)[C@H]3COC(=O)[C@H]23)OCO4)cc(OC([2H])([2H])[2H])c1O.[2H]C1([2H])OC(=O)[C@@H]2[C@H](c3cc(OC)c(O)c(OC)c3)c3cc4c(cc3[C@@H](O[C@@H]3O[C@@H]5CO[C@@H](C)O[C@H]5[C@H](O)[C@H]3O)[C@H]21)OCO4. The van der Waals surface area contributed by atoms with Crippen LogP contribution in [0.2, 0.25) is 0 Å². The zero-order valence-electron chi connectivity index (χ0n) is 83.0. The molecule has 126 heavy (non-hydrogen) atoms. The number of aromatic hydroxyl groups is 3. The van der Waals surface area contributed by atoms with Crippen LogP contribution < -0.4 is 56.8 Å². The molecule has 39 heteroatoms. The molecule has 0 aromatic heterocycles. The number of fused-ring (bicyclic) bond motifs is 12. The quantitative estimate of drug-likeness (QED) is 0.0518. The van der Waals surface area contributed by atoms with Crippen molar-refractivity contribution in [1.29, 1.82) is 0 Å². The van der Waals surface area contributed by atoms with Gasteiger partial charge in [-0.25, -0.2) is 0 Å². The number of phenols is 3. The summed E-state index contributed by atoms with van der Waals surface area (Å²) in [5.74, 6) is -15.4. The molecule has 6 aromatic rings. The number of carbonyl (C=O) groups is 3. The lowest BCUT2D eigenvalue weighted by Crippen LogP contribution is -2.63. The van der Waals surface area contributed by atoms with E-state index in [1.165, 1.54) is 38.5 Å². The van der Waals surface area contributed by atoms with E-state index in [2.05, 4.69) is 0 Å². The summed E-state index contributed by atoms with van der Waals surface area (Å²) in [5.41, 5.74) is 2.84. The van der Waals surface area contributed by atoms with Gasteiger partial charge in [0.1, 0.15) is 73.2 Å². The third-order valence-electron chi connectivity index (χ3n) is 25.3. The van der Waals surface area contributed by atoms with E-state index in [4.69, 9.17) is 150 Å². The van der Waals surface area contributed by atoms with Gasteiger partial charge in [0.05, 0.1) is 140 Å². The average Bonchev–Trinajstić information content (AvgIpc) is 1.53. The fraction of sp³-hybridized carbons (Fsp3) is 0.552. The maximum Gasteiger partial charge on any atom is 0.310 e. The molecule has 6 aromatic carbocycles. The van der Waals surface area contributed by atoms with Crippen molar-refractivity contribution in [1.82, 2.24) is 0 Å². The van der Waals surface area contributed by atoms with E-state index in [0.29, 0.717) is 50.8 Å². The number of cyclic esters (lactones) is 3. The van der Waals surface area contributed by atoms with E-state index in [0.717, 1.165) is 12.1 Å². The number of phenolic OH excluding ortho intramolecular Hbond substituents is 3. The predicted molar refractivity (Wildman–Crippen MR) is 415 cm³/mol. The maximum absolute atomic E-state index is 13.7. The number of methoxy groups -OCH3 is 6. The number of benzene rings is 6. The first-order valence-electron chi connectivity index (χ1n) is 48.1. The average molecular weight is 1780 g/mol. The van der Waals surface area contributed by atoms with Crippen LogP contribution in [0.25, 0.3) is 0 Å². The molecule has 9 saturated heterocycles. The van der Waals surface area contributed by atoms with Crippen LogP contribution in [0.4, 0.5) is 0 Å². The fourth-order valence-corrected chi connectivity index (χ4v) is 19.4. The number of rotatable bonds is 15. The van der Waals surface area contributed by atoms with E-state index in [1.807, 2.05) is 0 Å². The summed E-state index contributed by atoms with van der Waals surface area (Å²) in [5, 5.41) is 98.3. The second-order valence-electron chi connectivity index (χ2n) is 32.1. The van der Waals surface area contributed by atoms with Gasteiger partial charge in [0.2, 0.25) is 37.6 Å². The Kier molecular flexibility index (Phi) is 18.5. The Morgan fingerprint density at radius 2 is 0.603 bits per heavy atom. The van der Waals surface area contributed by atoms with Crippen molar-refractivity contribution >= 4 is 17.9 Å². The molecule has 0 unspecified atom stereocenters. The highest BCUT2D eigenvalue weighted by atomic mass is 16.8. The van der Waals surface area contributed by atoms with Gasteiger partial charge in [0.25, 0.3) is 0 Å². The first kappa shape index (κ1) is 68.2. The summed E-state index contributed by atoms with van der Waals surface area (Å²) in [6.07, 6.45) is -24.3. The number of hydrogen-bond acceptors (Lipinski definition) is 39. The number of ether oxygens (including phenoxy) is 27. The highest BCUT2D eigenvalue weighted by Gasteiger charge is 2.61. The lowest BCUT2D eigenvalue weighted by molar-refractivity contribution is -0.364. The summed E-state index contributed by atoms with van der Waals surface area (Å²) in [6.45, 7) is -0.689. The lowest BCUT2D eigenvalue weighted by atomic mass is 9.66. The van der Waals surface area contributed by atoms with E-state index in [1.54, 1.807) is 57.2 Å². The normalized spacial score (nSPS) is 39.5. The topological polar surface area (TPSA) is 482 Å². The maximum atomic E-state index is 13.7. The molecule has 39 nitrogen and oxygen atoms in total. The van der Waals surface area contributed by atoms with Crippen LogP contribution in [0.1, 0.15) is 129 Å². The first-order chi connectivity index (χ1) is 66.9. The molecular weight excluding hydrogens is 1670 g/mol. The monoisotopic (exact) mass is 1780 g/mol. The Bertz CT molecular complexity index is 5710. The van der Waals surface area contributed by atoms with Crippen LogP contribution in [0.5, 0.6) is 86.2 Å². The van der Waals surface area contributed by atoms with Gasteiger partial charge in [0, 0.05) is 35.5 Å². The van der Waals surface area contributed by atoms with Gasteiger partial charge in [-0.1, -0.05) is 0 Å². The number of aliphatic hydroxyl groups is 6. The van der Waals surface area contributed by atoms with E-state index < -0.39 is 276 Å². The Morgan fingerprint density at radius 1 is 0.333 bits per heavy atom. The third kappa shape index (κ3) is 14.8. The molecule has 678 valence electrons. The Balaban J connectivity index is 0.000000135. The van der Waals surface area contributed by atoms with E-state index in [9.17, 15) is 60.3 Å². The van der Waals surface area contributed by atoms with Crippen LogP contribution in [-0.4, -0.2) is 277 Å². The summed E-state index contributed by atoms with van der Waals surface area (Å²) in [7, 11) is -9.59. The second kappa shape index (κ2) is 34.2. The van der Waals surface area contributed by atoms with Crippen LogP contribution in [-0.2, 0) is 85.4 Å². The minimum Gasteiger partial charge on any atom is -0.502 e. The summed E-state index contributed by atoms with van der Waals surface area (Å²) < 4.78 is 277. The van der Waals surface area contributed by atoms with Crippen LogP contribution in [0.15, 0.2) is 72.8 Å². The van der Waals surface area contributed by atoms with Crippen LogP contribution in [0, 0.1) is 35.5 Å². The standard InChI is InChI=1S/3C29H32O13/c3*1-11-36-9-20-27(40-11)24(31)25(32)29(41-20)42-26-14-7-17-16(38-10-39-17)6-13(14)21(22-15(26)8-37-28(22)33)12-4-18(34-2)23(30)19(5-12)35-3/h3*4-7,11,15,20-22,24-27,29-32H,8-10H2,1-3H3/t3*11-,15+,20-,21-,22+,24-,25-,26-,27-,29+/m111/s1/i2D3,3D3,8D2;2D3,3D3;8D2. The van der Waals surface area contributed by atoms with Crippen molar-refractivity contribution < 1.29 is 210 Å². The van der Waals surface area contributed by atoms with Crippen molar-refractivity contribution in [3.05, 3.63) is 123 Å². The van der Waals surface area contributed by atoms with Crippen LogP contribution in [0.3, 0.4) is 0 Å². The number of aliphatic hydroxyl groups excluding tert-OH is 6. The Hall–Kier alpha value is -9.99. The molecule has 9 fully saturated rings. The number of esters is 3. The van der Waals surface area contributed by atoms with Gasteiger partial charge in [-0.15, -0.1) is 0 Å². The molecule has 12 heterocycles. The Labute approximate surface area is 740 Å². The van der Waals surface area contributed by atoms with Gasteiger partial charge in [-0.2, -0.15) is 0 Å². The summed E-state index contributed by atoms with van der Waals surface area (Å²) >= 11 is 0. The van der Waals surface area contributed by atoms with Gasteiger partial charge in [-0.05, 0) is 144 Å². The lowest BCUT2D eigenvalue weighted by Gasteiger charge is -2.47. The highest BCUT2D eigenvalue weighted by molar-refractivity contribution is 5.81. The minimum absolute atomic E-state index is 0.0197. The highest BCUT2D eigenvalue weighted by Crippen LogP contribution is 2.62. The molecule has 0 spiro atoms. The van der Waals surface area contributed by atoms with Gasteiger partial charge < -0.3 is 174 Å². The molecule has 15 aliphatic rings. The predicted octanol–water partition coefficient (Wildman–Crippen LogP) is 4.02. The van der Waals surface area contributed by atoms with Crippen molar-refractivity contribution in [2.45, 2.75) is 168 Å². The molecular formula is C87H96O39. The second-order valence-corrected chi connectivity index (χ2v) is 32.1. The smallest absolute Gasteiger partial charge is 0.310 e. The van der Waals surface area contributed by atoms with Crippen molar-refractivity contribution in [3.8, 4) is 86.2 Å². The summed E-state index contributed by atoms with van der Waals surface area (Å²) in [4.78, 5) is 40.8. The molecule has 0 bridgehead atoms. The van der Waals surface area contributed by atoms with Gasteiger partial charge in [0.15, 0.2) is 107 Å². The first-order valence-corrected chi connectivity index (χ1v) is 40.1. The number of carbonyl (C=O) groups excluding carboxylic acids is 3. The van der Waals surface area contributed by atoms with Crippen molar-refractivity contribution in [2.24, 2.45) is 35.5 Å². The molecule has 0 amide bonds. The van der Waals surface area contributed by atoms with Crippen molar-refractivity contribution in [2.75, 3.05) is 102 Å². The molecule has 0 saturated carbocycles. The van der Waals surface area contributed by atoms with Crippen molar-refractivity contribution in [3.63, 3.8) is 0 Å². The van der Waals surface area contributed by atoms with E-state index in [-0.39, 0.29) is 97.8 Å². The van der Waals surface area contributed by atoms with Gasteiger partial charge in [-0.3, -0.25) is 14.4 Å². The zero-order valence-corrected chi connectivity index (χ0v) is 67.0. The summed E-state index contributed by atoms with van der Waals surface area (Å²) in [6, 6.07) is 17.1. The molecule has 0 radical (unpaired) electrons. The third-order valence-corrected chi connectivity index (χ3v) is 25.3. The minimum atomic E-state index is -3.12. The molecule has 3 aliphatic carbocycles. The number of hydrogen-bond donors (Lipinski definition) is 9. The Morgan fingerprint density at radius 3 is 0.897 bits per heavy atom. The molecule has 21 rings (SSSR count). The molecule has 9 N–H and O–H groups in total. The zero-order chi connectivity index (χ0) is 101. The van der Waals surface area contributed by atoms with Crippen LogP contribution >= 0.6 is 0 Å². The van der Waals surface area contributed by atoms with Gasteiger partial charge >= 0.3 is 17.9 Å². The molecule has 12 aliphatic heterocycles. The largest absolute Gasteiger partial charge is 0.502 e. The fourth-order valence-electron chi connectivity index (χ4n) is 19.4. The molecule has 30 atom stereocenters.